The molecule has 1 aliphatic rings. The third kappa shape index (κ3) is 4.31. The topological polar surface area (TPSA) is 66.4 Å². The van der Waals surface area contributed by atoms with E-state index in [4.69, 9.17) is 5.11 Å². The van der Waals surface area contributed by atoms with E-state index >= 15 is 0 Å². The largest absolute Gasteiger partial charge is 0.481 e. The van der Waals surface area contributed by atoms with Crippen molar-refractivity contribution in [1.82, 2.24) is 5.32 Å². The zero-order valence-electron chi connectivity index (χ0n) is 11.4. The Bertz CT molecular complexity index is 283. The van der Waals surface area contributed by atoms with Crippen LogP contribution in [0, 0.1) is 11.8 Å². The summed E-state index contributed by atoms with van der Waals surface area (Å²) in [5.41, 5.74) is 0. The maximum absolute atomic E-state index is 12.1. The van der Waals surface area contributed by atoms with Crippen molar-refractivity contribution in [3.05, 3.63) is 0 Å². The van der Waals surface area contributed by atoms with E-state index in [1.165, 1.54) is 0 Å². The molecule has 1 fully saturated rings. The average Bonchev–Trinajstić information content (AvgIpc) is 2.38. The summed E-state index contributed by atoms with van der Waals surface area (Å²) in [6, 6.07) is 0.277. The Hall–Kier alpha value is -1.06. The predicted octanol–water partition coefficient (Wildman–Crippen LogP) is 2.57. The number of rotatable bonds is 6. The Morgan fingerprint density at radius 3 is 2.17 bits per heavy atom. The summed E-state index contributed by atoms with van der Waals surface area (Å²) >= 11 is 0. The molecule has 0 aromatic heterocycles. The van der Waals surface area contributed by atoms with Crippen molar-refractivity contribution in [2.24, 2.45) is 11.8 Å². The lowest BCUT2D eigenvalue weighted by molar-refractivity contribution is -0.144. The SMILES string of the molecule is CCCC(CC)NC(=O)C1CCC(C(=O)O)CC1. The molecule has 1 atom stereocenters. The molecule has 0 bridgehead atoms. The van der Waals surface area contributed by atoms with Crippen molar-refractivity contribution in [1.29, 1.82) is 0 Å². The molecule has 0 saturated heterocycles. The molecule has 1 aliphatic carbocycles. The molecule has 2 N–H and O–H groups in total. The summed E-state index contributed by atoms with van der Waals surface area (Å²) in [6.45, 7) is 4.20. The van der Waals surface area contributed by atoms with Crippen molar-refractivity contribution in [2.75, 3.05) is 0 Å². The van der Waals surface area contributed by atoms with Crippen molar-refractivity contribution in [2.45, 2.75) is 64.8 Å². The summed E-state index contributed by atoms with van der Waals surface area (Å²) in [5, 5.41) is 12.0. The van der Waals surface area contributed by atoms with Crippen LogP contribution in [0.15, 0.2) is 0 Å². The monoisotopic (exact) mass is 255 g/mol. The molecule has 1 rings (SSSR count). The van der Waals surface area contributed by atoms with Crippen LogP contribution in [0.2, 0.25) is 0 Å². The molecule has 0 aromatic carbocycles. The quantitative estimate of drug-likeness (QED) is 0.766. The van der Waals surface area contributed by atoms with E-state index in [0.717, 1.165) is 19.3 Å². The highest BCUT2D eigenvalue weighted by atomic mass is 16.4. The number of carbonyl (C=O) groups is 2. The Morgan fingerprint density at radius 2 is 1.72 bits per heavy atom. The van der Waals surface area contributed by atoms with Crippen LogP contribution in [0.25, 0.3) is 0 Å². The number of hydrogen-bond acceptors (Lipinski definition) is 2. The van der Waals surface area contributed by atoms with Crippen LogP contribution in [0.4, 0.5) is 0 Å². The molecule has 4 nitrogen and oxygen atoms in total. The van der Waals surface area contributed by atoms with Gasteiger partial charge in [0.2, 0.25) is 5.91 Å². The van der Waals surface area contributed by atoms with Crippen molar-refractivity contribution < 1.29 is 14.7 Å². The minimum absolute atomic E-state index is 0.0199. The Morgan fingerprint density at radius 1 is 1.17 bits per heavy atom. The number of carboxylic acids is 1. The van der Waals surface area contributed by atoms with Crippen molar-refractivity contribution in [3.8, 4) is 0 Å². The number of nitrogens with one attached hydrogen (secondary N) is 1. The average molecular weight is 255 g/mol. The first-order valence-corrected chi connectivity index (χ1v) is 7.11. The molecule has 0 spiro atoms. The third-order valence-electron chi connectivity index (χ3n) is 3.92. The van der Waals surface area contributed by atoms with Gasteiger partial charge < -0.3 is 10.4 Å². The molecular formula is C14H25NO3. The number of aliphatic carboxylic acids is 1. The second-order valence-electron chi connectivity index (χ2n) is 5.29. The maximum atomic E-state index is 12.1. The van der Waals surface area contributed by atoms with Crippen LogP contribution in [0.1, 0.15) is 58.8 Å². The van der Waals surface area contributed by atoms with Gasteiger partial charge in [0.05, 0.1) is 5.92 Å². The molecule has 1 amide bonds. The highest BCUT2D eigenvalue weighted by Gasteiger charge is 2.30. The zero-order chi connectivity index (χ0) is 13.5. The third-order valence-corrected chi connectivity index (χ3v) is 3.92. The summed E-state index contributed by atoms with van der Waals surface area (Å²) in [5.74, 6) is -0.816. The van der Waals surface area contributed by atoms with Gasteiger partial charge in [0, 0.05) is 12.0 Å². The van der Waals surface area contributed by atoms with Gasteiger partial charge in [0.15, 0.2) is 0 Å². The first kappa shape index (κ1) is 15.0. The molecule has 1 saturated carbocycles. The minimum Gasteiger partial charge on any atom is -0.481 e. The smallest absolute Gasteiger partial charge is 0.306 e. The van der Waals surface area contributed by atoms with E-state index in [1.54, 1.807) is 0 Å². The van der Waals surface area contributed by atoms with E-state index in [0.29, 0.717) is 25.7 Å². The van der Waals surface area contributed by atoms with E-state index in [2.05, 4.69) is 19.2 Å². The minimum atomic E-state index is -0.716. The second kappa shape index (κ2) is 7.39. The highest BCUT2D eigenvalue weighted by Crippen LogP contribution is 2.29. The number of carboxylic acid groups (broad SMARTS) is 1. The number of hydrogen-bond donors (Lipinski definition) is 2. The molecule has 4 heteroatoms. The van der Waals surface area contributed by atoms with Gasteiger partial charge in [-0.3, -0.25) is 9.59 Å². The number of amides is 1. The lowest BCUT2D eigenvalue weighted by Crippen LogP contribution is -2.40. The molecule has 1 unspecified atom stereocenters. The normalized spacial score (nSPS) is 25.4. The summed E-state index contributed by atoms with van der Waals surface area (Å²) < 4.78 is 0. The summed E-state index contributed by atoms with van der Waals surface area (Å²) in [6.07, 6.45) is 5.76. The van der Waals surface area contributed by atoms with Crippen LogP contribution in [-0.2, 0) is 9.59 Å². The first-order chi connectivity index (χ1) is 8.58. The first-order valence-electron chi connectivity index (χ1n) is 7.11. The van der Waals surface area contributed by atoms with Gasteiger partial charge in [-0.25, -0.2) is 0 Å². The molecule has 104 valence electrons. The molecule has 0 radical (unpaired) electrons. The molecule has 0 heterocycles. The maximum Gasteiger partial charge on any atom is 0.306 e. The fourth-order valence-electron chi connectivity index (χ4n) is 2.65. The number of carbonyl (C=O) groups excluding carboxylic acids is 1. The fourth-order valence-corrected chi connectivity index (χ4v) is 2.65. The van der Waals surface area contributed by atoms with Crippen LogP contribution in [0.5, 0.6) is 0 Å². The predicted molar refractivity (Wildman–Crippen MR) is 70.2 cm³/mol. The van der Waals surface area contributed by atoms with Crippen LogP contribution >= 0.6 is 0 Å². The standard InChI is InChI=1S/C14H25NO3/c1-3-5-12(4-2)15-13(16)10-6-8-11(9-7-10)14(17)18/h10-12H,3-9H2,1-2H3,(H,15,16)(H,17,18). The molecule has 18 heavy (non-hydrogen) atoms. The van der Waals surface area contributed by atoms with Crippen molar-refractivity contribution in [3.63, 3.8) is 0 Å². The molecular weight excluding hydrogens is 230 g/mol. The van der Waals surface area contributed by atoms with Crippen LogP contribution < -0.4 is 5.32 Å². The van der Waals surface area contributed by atoms with Gasteiger partial charge in [-0.15, -0.1) is 0 Å². The van der Waals surface area contributed by atoms with Crippen molar-refractivity contribution >= 4 is 11.9 Å². The summed E-state index contributed by atoms with van der Waals surface area (Å²) in [7, 11) is 0. The van der Waals surface area contributed by atoms with Gasteiger partial charge >= 0.3 is 5.97 Å². The lowest BCUT2D eigenvalue weighted by atomic mass is 9.81. The zero-order valence-corrected chi connectivity index (χ0v) is 11.4. The van der Waals surface area contributed by atoms with E-state index in [1.807, 2.05) is 0 Å². The Balaban J connectivity index is 2.37. The molecule has 0 aromatic rings. The Kier molecular flexibility index (Phi) is 6.16. The fraction of sp³-hybridized carbons (Fsp3) is 0.857. The van der Waals surface area contributed by atoms with E-state index in [9.17, 15) is 9.59 Å². The van der Waals surface area contributed by atoms with Gasteiger partial charge in [-0.05, 0) is 38.5 Å². The Labute approximate surface area is 109 Å². The highest BCUT2D eigenvalue weighted by molar-refractivity contribution is 5.79. The second-order valence-corrected chi connectivity index (χ2v) is 5.29. The van der Waals surface area contributed by atoms with Gasteiger partial charge in [-0.2, -0.15) is 0 Å². The van der Waals surface area contributed by atoms with Gasteiger partial charge in [-0.1, -0.05) is 20.3 Å². The van der Waals surface area contributed by atoms with Crippen LogP contribution in [-0.4, -0.2) is 23.0 Å². The summed E-state index contributed by atoms with van der Waals surface area (Å²) in [4.78, 5) is 22.9. The van der Waals surface area contributed by atoms with Gasteiger partial charge in [0.25, 0.3) is 0 Å². The van der Waals surface area contributed by atoms with E-state index in [-0.39, 0.29) is 23.8 Å². The van der Waals surface area contributed by atoms with E-state index < -0.39 is 5.97 Å². The lowest BCUT2D eigenvalue weighted by Gasteiger charge is -2.27. The van der Waals surface area contributed by atoms with Gasteiger partial charge in [0.1, 0.15) is 0 Å². The molecule has 0 aliphatic heterocycles. The van der Waals surface area contributed by atoms with Crippen LogP contribution in [0.3, 0.4) is 0 Å².